The molecule has 0 saturated carbocycles. The van der Waals surface area contributed by atoms with E-state index in [1.807, 2.05) is 44.2 Å². The monoisotopic (exact) mass is 252 g/mol. The van der Waals surface area contributed by atoms with E-state index in [1.54, 1.807) is 7.11 Å². The molecule has 0 unspecified atom stereocenters. The molecule has 4 heteroatoms. The van der Waals surface area contributed by atoms with E-state index in [1.165, 1.54) is 0 Å². The maximum absolute atomic E-state index is 5.72. The summed E-state index contributed by atoms with van der Waals surface area (Å²) in [5.74, 6) is -0.610. The maximum Gasteiger partial charge on any atom is 0.189 e. The predicted molar refractivity (Wildman–Crippen MR) is 66.9 cm³/mol. The van der Waals surface area contributed by atoms with Gasteiger partial charge >= 0.3 is 0 Å². The van der Waals surface area contributed by atoms with Crippen molar-refractivity contribution in [2.24, 2.45) is 0 Å². The number of rotatable bonds is 5. The summed E-state index contributed by atoms with van der Waals surface area (Å²) in [4.78, 5) is 0. The first kappa shape index (κ1) is 13.5. The van der Waals surface area contributed by atoms with Crippen molar-refractivity contribution in [1.29, 1.82) is 0 Å². The molecule has 0 N–H and O–H groups in total. The Kier molecular flexibility index (Phi) is 4.35. The second-order valence-corrected chi connectivity index (χ2v) is 4.78. The van der Waals surface area contributed by atoms with Gasteiger partial charge in [0.1, 0.15) is 6.10 Å². The van der Waals surface area contributed by atoms with Crippen LogP contribution in [0.4, 0.5) is 0 Å². The molecule has 1 saturated heterocycles. The van der Waals surface area contributed by atoms with Crippen molar-refractivity contribution >= 4 is 0 Å². The number of benzene rings is 1. The van der Waals surface area contributed by atoms with Crippen LogP contribution in [0.1, 0.15) is 19.4 Å². The van der Waals surface area contributed by atoms with Gasteiger partial charge in [-0.25, -0.2) is 0 Å². The molecule has 0 spiro atoms. The smallest absolute Gasteiger partial charge is 0.189 e. The van der Waals surface area contributed by atoms with E-state index in [-0.39, 0.29) is 12.4 Å². The molecule has 2 rings (SSSR count). The average molecular weight is 252 g/mol. The Morgan fingerprint density at radius 3 is 2.56 bits per heavy atom. The van der Waals surface area contributed by atoms with Crippen molar-refractivity contribution in [3.63, 3.8) is 0 Å². The van der Waals surface area contributed by atoms with Crippen LogP contribution < -0.4 is 0 Å². The van der Waals surface area contributed by atoms with Crippen LogP contribution in [-0.4, -0.2) is 31.9 Å². The lowest BCUT2D eigenvalue weighted by atomic mass is 10.2. The second kappa shape index (κ2) is 5.80. The van der Waals surface area contributed by atoms with Crippen LogP contribution in [0.25, 0.3) is 0 Å². The van der Waals surface area contributed by atoms with Crippen LogP contribution in [0.2, 0.25) is 0 Å². The van der Waals surface area contributed by atoms with Gasteiger partial charge in [-0.3, -0.25) is 0 Å². The van der Waals surface area contributed by atoms with Gasteiger partial charge in [0, 0.05) is 7.11 Å². The zero-order valence-electron chi connectivity index (χ0n) is 11.1. The van der Waals surface area contributed by atoms with Crippen LogP contribution in [0, 0.1) is 0 Å². The Morgan fingerprint density at radius 1 is 1.17 bits per heavy atom. The van der Waals surface area contributed by atoms with E-state index in [2.05, 4.69) is 0 Å². The van der Waals surface area contributed by atoms with Crippen LogP contribution in [0.5, 0.6) is 0 Å². The first-order valence-electron chi connectivity index (χ1n) is 6.11. The molecule has 18 heavy (non-hydrogen) atoms. The highest BCUT2D eigenvalue weighted by Crippen LogP contribution is 2.28. The van der Waals surface area contributed by atoms with E-state index in [0.717, 1.165) is 5.56 Å². The molecule has 4 nitrogen and oxygen atoms in total. The highest BCUT2D eigenvalue weighted by molar-refractivity contribution is 5.13. The fourth-order valence-electron chi connectivity index (χ4n) is 1.98. The summed E-state index contributed by atoms with van der Waals surface area (Å²) in [6.45, 7) is 4.76. The highest BCUT2D eigenvalue weighted by atomic mass is 16.8. The van der Waals surface area contributed by atoms with Crippen molar-refractivity contribution in [3.05, 3.63) is 35.9 Å². The molecule has 0 bridgehead atoms. The fourth-order valence-corrected chi connectivity index (χ4v) is 1.98. The molecular formula is C14H20O4. The molecule has 1 heterocycles. The van der Waals surface area contributed by atoms with Gasteiger partial charge in [-0.1, -0.05) is 30.3 Å². The van der Waals surface area contributed by atoms with E-state index >= 15 is 0 Å². The van der Waals surface area contributed by atoms with E-state index in [4.69, 9.17) is 18.9 Å². The minimum Gasteiger partial charge on any atom is -0.374 e. The maximum atomic E-state index is 5.72. The lowest BCUT2D eigenvalue weighted by Crippen LogP contribution is -2.29. The van der Waals surface area contributed by atoms with Crippen molar-refractivity contribution in [3.8, 4) is 0 Å². The topological polar surface area (TPSA) is 36.9 Å². The first-order valence-corrected chi connectivity index (χ1v) is 6.11. The molecule has 2 atom stereocenters. The Bertz CT molecular complexity index is 363. The largest absolute Gasteiger partial charge is 0.374 e. The van der Waals surface area contributed by atoms with Gasteiger partial charge < -0.3 is 18.9 Å². The second-order valence-electron chi connectivity index (χ2n) is 4.78. The lowest BCUT2D eigenvalue weighted by molar-refractivity contribution is -0.182. The summed E-state index contributed by atoms with van der Waals surface area (Å²) < 4.78 is 22.2. The normalized spacial score (nSPS) is 26.4. The number of hydrogen-bond donors (Lipinski definition) is 0. The number of ether oxygens (including phenoxy) is 4. The molecule has 1 fully saturated rings. The molecule has 1 aromatic rings. The van der Waals surface area contributed by atoms with Gasteiger partial charge in [0.05, 0.1) is 13.2 Å². The van der Waals surface area contributed by atoms with Gasteiger partial charge in [-0.05, 0) is 19.4 Å². The molecule has 0 amide bonds. The van der Waals surface area contributed by atoms with Gasteiger partial charge in [0.2, 0.25) is 0 Å². The van der Waals surface area contributed by atoms with E-state index < -0.39 is 5.79 Å². The zero-order chi connectivity index (χ0) is 13.0. The first-order chi connectivity index (χ1) is 8.61. The van der Waals surface area contributed by atoms with Gasteiger partial charge in [-0.15, -0.1) is 0 Å². The zero-order valence-corrected chi connectivity index (χ0v) is 11.1. The van der Waals surface area contributed by atoms with Crippen LogP contribution >= 0.6 is 0 Å². The lowest BCUT2D eigenvalue weighted by Gasteiger charge is -2.16. The third-order valence-corrected chi connectivity index (χ3v) is 2.76. The van der Waals surface area contributed by atoms with Crippen molar-refractivity contribution < 1.29 is 18.9 Å². The highest BCUT2D eigenvalue weighted by Gasteiger charge is 2.41. The summed E-state index contributed by atoms with van der Waals surface area (Å²) in [6.07, 6.45) is -0.551. The van der Waals surface area contributed by atoms with Crippen LogP contribution in [0.15, 0.2) is 30.3 Å². The van der Waals surface area contributed by atoms with E-state index in [0.29, 0.717) is 13.2 Å². The van der Waals surface area contributed by atoms with Gasteiger partial charge in [-0.2, -0.15) is 0 Å². The summed E-state index contributed by atoms with van der Waals surface area (Å²) >= 11 is 0. The molecule has 0 aliphatic carbocycles. The molecule has 100 valence electrons. The SMILES string of the molecule is CO[C@@H]1OC(C)(C)O[C@@H]1COCc1ccccc1. The number of methoxy groups -OCH3 is 1. The molecule has 0 aromatic heterocycles. The summed E-state index contributed by atoms with van der Waals surface area (Å²) in [7, 11) is 1.61. The summed E-state index contributed by atoms with van der Waals surface area (Å²) in [5.41, 5.74) is 1.14. The number of hydrogen-bond acceptors (Lipinski definition) is 4. The minimum absolute atomic E-state index is 0.186. The Balaban J connectivity index is 1.80. The van der Waals surface area contributed by atoms with Gasteiger partial charge in [0.25, 0.3) is 0 Å². The fraction of sp³-hybridized carbons (Fsp3) is 0.571. The van der Waals surface area contributed by atoms with E-state index in [9.17, 15) is 0 Å². The van der Waals surface area contributed by atoms with Crippen molar-refractivity contribution in [2.75, 3.05) is 13.7 Å². The molecule has 1 aliphatic rings. The Morgan fingerprint density at radius 2 is 1.89 bits per heavy atom. The standard InChI is InChI=1S/C14H20O4/c1-14(2)17-12(13(15-3)18-14)10-16-9-11-7-5-4-6-8-11/h4-8,12-13H,9-10H2,1-3H3/t12-,13-/m1/s1. The third-order valence-electron chi connectivity index (χ3n) is 2.76. The summed E-state index contributed by atoms with van der Waals surface area (Å²) in [6, 6.07) is 10.0. The van der Waals surface area contributed by atoms with Gasteiger partial charge in [0.15, 0.2) is 12.1 Å². The average Bonchev–Trinajstić information content (AvgIpc) is 2.65. The van der Waals surface area contributed by atoms with Crippen LogP contribution in [0.3, 0.4) is 0 Å². The molecular weight excluding hydrogens is 232 g/mol. The molecule has 1 aromatic carbocycles. The Labute approximate surface area is 108 Å². The van der Waals surface area contributed by atoms with Crippen molar-refractivity contribution in [2.45, 2.75) is 38.6 Å². The quantitative estimate of drug-likeness (QED) is 0.806. The third kappa shape index (κ3) is 3.53. The Hall–Kier alpha value is -0.940. The predicted octanol–water partition coefficient (Wildman–Crippen LogP) is 2.33. The minimum atomic E-state index is -0.610. The molecule has 0 radical (unpaired) electrons. The summed E-state index contributed by atoms with van der Waals surface area (Å²) in [5, 5.41) is 0. The molecule has 1 aliphatic heterocycles. The van der Waals surface area contributed by atoms with Crippen LogP contribution in [-0.2, 0) is 25.6 Å². The van der Waals surface area contributed by atoms with Crippen molar-refractivity contribution in [1.82, 2.24) is 0 Å².